The van der Waals surface area contributed by atoms with Crippen LogP contribution in [0, 0.1) is 0 Å². The molecule has 26 heavy (non-hydrogen) atoms. The highest BCUT2D eigenvalue weighted by atomic mass is 16.5. The number of H-pyrrole nitrogens is 1. The Bertz CT molecular complexity index is 1110. The Balaban J connectivity index is 1.89. The van der Waals surface area contributed by atoms with Gasteiger partial charge in [0.1, 0.15) is 11.4 Å². The zero-order chi connectivity index (χ0) is 18.3. The molecule has 2 aromatic heterocycles. The molecular formula is C20H18N4O2. The predicted molar refractivity (Wildman–Crippen MR) is 100 cm³/mol. The number of ketones is 1. The summed E-state index contributed by atoms with van der Waals surface area (Å²) < 4.78 is 7.42. The van der Waals surface area contributed by atoms with Crippen LogP contribution < -0.4 is 4.74 Å². The number of ether oxygens (including phenoxy) is 1. The molecule has 2 aromatic carbocycles. The molecule has 0 aliphatic rings. The molecule has 0 saturated heterocycles. The fraction of sp³-hybridized carbons (Fsp3) is 0.150. The van der Waals surface area contributed by atoms with Gasteiger partial charge in [0.25, 0.3) is 0 Å². The number of carbonyl (C=O) groups is 1. The highest BCUT2D eigenvalue weighted by Gasteiger charge is 2.22. The summed E-state index contributed by atoms with van der Waals surface area (Å²) in [7, 11) is 3.49. The largest absolute Gasteiger partial charge is 0.492 e. The SMILES string of the molecule is COc1c(-c2ccccc2)nn(C)c1-c1nc2ccc(C(C)=O)cc2[nH]1. The van der Waals surface area contributed by atoms with Gasteiger partial charge in [-0.3, -0.25) is 9.48 Å². The number of fused-ring (bicyclic) bond motifs is 1. The number of aromatic nitrogens is 4. The average Bonchev–Trinajstić information content (AvgIpc) is 3.21. The van der Waals surface area contributed by atoms with Crippen LogP contribution >= 0.6 is 0 Å². The molecule has 0 amide bonds. The number of rotatable bonds is 4. The zero-order valence-corrected chi connectivity index (χ0v) is 14.8. The second-order valence-corrected chi connectivity index (χ2v) is 6.09. The summed E-state index contributed by atoms with van der Waals surface area (Å²) in [4.78, 5) is 19.5. The van der Waals surface area contributed by atoms with Crippen molar-refractivity contribution in [3.63, 3.8) is 0 Å². The second-order valence-electron chi connectivity index (χ2n) is 6.09. The summed E-state index contributed by atoms with van der Waals surface area (Å²) in [5, 5.41) is 4.62. The Morgan fingerprint density at radius 2 is 1.92 bits per heavy atom. The van der Waals surface area contributed by atoms with Gasteiger partial charge in [-0.2, -0.15) is 5.10 Å². The molecule has 0 saturated carbocycles. The van der Waals surface area contributed by atoms with Crippen molar-refractivity contribution >= 4 is 16.8 Å². The smallest absolute Gasteiger partial charge is 0.175 e. The number of hydrogen-bond donors (Lipinski definition) is 1. The van der Waals surface area contributed by atoms with Gasteiger partial charge in [-0.15, -0.1) is 0 Å². The van der Waals surface area contributed by atoms with Crippen LogP contribution in [0.25, 0.3) is 33.8 Å². The lowest BCUT2D eigenvalue weighted by Gasteiger charge is -2.03. The number of benzene rings is 2. The molecule has 0 radical (unpaired) electrons. The van der Waals surface area contributed by atoms with Crippen LogP contribution in [0.1, 0.15) is 17.3 Å². The third kappa shape index (κ3) is 2.56. The van der Waals surface area contributed by atoms with Crippen molar-refractivity contribution in [2.75, 3.05) is 7.11 Å². The van der Waals surface area contributed by atoms with Crippen molar-refractivity contribution in [3.8, 4) is 28.5 Å². The molecule has 4 rings (SSSR count). The monoisotopic (exact) mass is 346 g/mol. The molecule has 0 unspecified atom stereocenters. The molecule has 0 aliphatic heterocycles. The number of hydrogen-bond acceptors (Lipinski definition) is 4. The van der Waals surface area contributed by atoms with Crippen LogP contribution in [0.5, 0.6) is 5.75 Å². The lowest BCUT2D eigenvalue weighted by Crippen LogP contribution is -1.96. The number of Topliss-reactive ketones (excluding diaryl/α,β-unsaturated/α-hetero) is 1. The Morgan fingerprint density at radius 1 is 1.15 bits per heavy atom. The second kappa shape index (κ2) is 6.15. The molecular weight excluding hydrogens is 328 g/mol. The highest BCUT2D eigenvalue weighted by Crippen LogP contribution is 2.37. The maximum Gasteiger partial charge on any atom is 0.175 e. The van der Waals surface area contributed by atoms with Crippen molar-refractivity contribution in [2.45, 2.75) is 6.92 Å². The lowest BCUT2D eigenvalue weighted by molar-refractivity contribution is 0.101. The first-order valence-corrected chi connectivity index (χ1v) is 8.26. The van der Waals surface area contributed by atoms with E-state index in [1.807, 2.05) is 49.5 Å². The average molecular weight is 346 g/mol. The standard InChI is InChI=1S/C20H18N4O2/c1-12(25)14-9-10-15-16(11-14)22-20(21-15)18-19(26-3)17(23-24(18)2)13-7-5-4-6-8-13/h4-11H,1-3H3,(H,21,22). The normalized spacial score (nSPS) is 11.0. The van der Waals surface area contributed by atoms with E-state index in [0.717, 1.165) is 28.0 Å². The van der Waals surface area contributed by atoms with Crippen LogP contribution in [0.15, 0.2) is 48.5 Å². The first-order chi connectivity index (χ1) is 12.6. The molecule has 0 atom stereocenters. The summed E-state index contributed by atoms with van der Waals surface area (Å²) in [5.41, 5.74) is 4.73. The molecule has 0 fully saturated rings. The topological polar surface area (TPSA) is 72.8 Å². The zero-order valence-electron chi connectivity index (χ0n) is 14.8. The first-order valence-electron chi connectivity index (χ1n) is 8.26. The summed E-state index contributed by atoms with van der Waals surface area (Å²) in [6.07, 6.45) is 0. The molecule has 6 heteroatoms. The lowest BCUT2D eigenvalue weighted by atomic mass is 10.1. The van der Waals surface area contributed by atoms with E-state index in [0.29, 0.717) is 17.1 Å². The van der Waals surface area contributed by atoms with Crippen LogP contribution in [0.4, 0.5) is 0 Å². The first kappa shape index (κ1) is 16.1. The Hall–Kier alpha value is -3.41. The van der Waals surface area contributed by atoms with Crippen molar-refractivity contribution < 1.29 is 9.53 Å². The molecule has 4 aromatic rings. The summed E-state index contributed by atoms with van der Waals surface area (Å²) >= 11 is 0. The highest BCUT2D eigenvalue weighted by molar-refractivity contribution is 5.97. The fourth-order valence-electron chi connectivity index (χ4n) is 3.08. The van der Waals surface area contributed by atoms with E-state index in [2.05, 4.69) is 15.1 Å². The van der Waals surface area contributed by atoms with E-state index < -0.39 is 0 Å². The van der Waals surface area contributed by atoms with E-state index >= 15 is 0 Å². The van der Waals surface area contributed by atoms with Crippen LogP contribution in [-0.4, -0.2) is 32.6 Å². The van der Waals surface area contributed by atoms with E-state index in [-0.39, 0.29) is 5.78 Å². The maximum absolute atomic E-state index is 11.6. The molecule has 0 bridgehead atoms. The van der Waals surface area contributed by atoms with E-state index in [4.69, 9.17) is 4.74 Å². The van der Waals surface area contributed by atoms with E-state index in [9.17, 15) is 4.79 Å². The van der Waals surface area contributed by atoms with E-state index in [1.165, 1.54) is 0 Å². The Morgan fingerprint density at radius 3 is 2.62 bits per heavy atom. The molecule has 0 aliphatic carbocycles. The minimum atomic E-state index is 0.0209. The molecule has 1 N–H and O–H groups in total. The number of nitrogens with zero attached hydrogens (tertiary/aromatic N) is 3. The Kier molecular flexibility index (Phi) is 3.80. The van der Waals surface area contributed by atoms with E-state index in [1.54, 1.807) is 24.8 Å². The Labute approximate surface area is 150 Å². The van der Waals surface area contributed by atoms with Crippen LogP contribution in [-0.2, 0) is 7.05 Å². The van der Waals surface area contributed by atoms with Crippen LogP contribution in [0.2, 0.25) is 0 Å². The predicted octanol–water partition coefficient (Wildman–Crippen LogP) is 3.84. The van der Waals surface area contributed by atoms with Gasteiger partial charge in [-0.05, 0) is 25.1 Å². The van der Waals surface area contributed by atoms with Crippen molar-refractivity contribution in [1.29, 1.82) is 0 Å². The maximum atomic E-state index is 11.6. The summed E-state index contributed by atoms with van der Waals surface area (Å²) in [6, 6.07) is 15.3. The number of aryl methyl sites for hydroxylation is 1. The number of aromatic amines is 1. The summed E-state index contributed by atoms with van der Waals surface area (Å²) in [5.74, 6) is 1.33. The van der Waals surface area contributed by atoms with Gasteiger partial charge < -0.3 is 9.72 Å². The summed E-state index contributed by atoms with van der Waals surface area (Å²) in [6.45, 7) is 1.55. The van der Waals surface area contributed by atoms with Crippen molar-refractivity contribution in [1.82, 2.24) is 19.7 Å². The van der Waals surface area contributed by atoms with Gasteiger partial charge in [0.15, 0.2) is 17.4 Å². The van der Waals surface area contributed by atoms with Gasteiger partial charge in [-0.1, -0.05) is 30.3 Å². The molecule has 130 valence electrons. The number of methoxy groups -OCH3 is 1. The van der Waals surface area contributed by atoms with Gasteiger partial charge in [0.2, 0.25) is 0 Å². The molecule has 2 heterocycles. The quantitative estimate of drug-likeness (QED) is 0.570. The minimum Gasteiger partial charge on any atom is -0.492 e. The molecule has 6 nitrogen and oxygen atoms in total. The van der Waals surface area contributed by atoms with Crippen molar-refractivity contribution in [2.24, 2.45) is 7.05 Å². The number of carbonyl (C=O) groups excluding carboxylic acids is 1. The number of nitrogens with one attached hydrogen (secondary N) is 1. The van der Waals surface area contributed by atoms with Gasteiger partial charge in [-0.25, -0.2) is 4.98 Å². The third-order valence-electron chi connectivity index (χ3n) is 4.37. The molecule has 0 spiro atoms. The third-order valence-corrected chi connectivity index (χ3v) is 4.37. The van der Waals surface area contributed by atoms with Crippen molar-refractivity contribution in [3.05, 3.63) is 54.1 Å². The minimum absolute atomic E-state index is 0.0209. The van der Waals surface area contributed by atoms with Gasteiger partial charge >= 0.3 is 0 Å². The van der Waals surface area contributed by atoms with Crippen LogP contribution in [0.3, 0.4) is 0 Å². The fourth-order valence-corrected chi connectivity index (χ4v) is 3.08. The van der Waals surface area contributed by atoms with Gasteiger partial charge in [0.05, 0.1) is 18.1 Å². The van der Waals surface area contributed by atoms with Gasteiger partial charge in [0, 0.05) is 18.2 Å². The number of imidazole rings is 1.